The summed E-state index contributed by atoms with van der Waals surface area (Å²) in [6.07, 6.45) is 4.52. The summed E-state index contributed by atoms with van der Waals surface area (Å²) in [5, 5.41) is 10.6. The van der Waals surface area contributed by atoms with E-state index in [4.69, 9.17) is 4.74 Å². The number of rotatable bonds is 14. The summed E-state index contributed by atoms with van der Waals surface area (Å²) in [6, 6.07) is 17.9. The molecule has 234 valence electrons. The number of ether oxygens (including phenoxy) is 1. The zero-order valence-electron chi connectivity index (χ0n) is 25.9. The number of likely N-dealkylation sites (tertiary alicyclic amines) is 1. The molecule has 0 aliphatic carbocycles. The molecule has 6 atom stereocenters. The number of nitrogens with zero attached hydrogens (tertiary/aromatic N) is 3. The van der Waals surface area contributed by atoms with Crippen molar-refractivity contribution in [1.82, 2.24) is 14.7 Å². The van der Waals surface area contributed by atoms with Gasteiger partial charge in [-0.2, -0.15) is 0 Å². The van der Waals surface area contributed by atoms with Crippen molar-refractivity contribution in [1.29, 1.82) is 0 Å². The first kappa shape index (κ1) is 31.7. The molecule has 1 spiro atoms. The number of aliphatic hydroxyl groups excluding tert-OH is 1. The summed E-state index contributed by atoms with van der Waals surface area (Å²) in [5.41, 5.74) is 0.790. The van der Waals surface area contributed by atoms with Crippen LogP contribution in [0.3, 0.4) is 0 Å². The van der Waals surface area contributed by atoms with Crippen LogP contribution in [0.25, 0.3) is 0 Å². The third-order valence-corrected chi connectivity index (χ3v) is 9.36. The molecule has 0 aromatic heterocycles. The largest absolute Gasteiger partial charge is 0.394 e. The van der Waals surface area contributed by atoms with E-state index in [-0.39, 0.29) is 36.8 Å². The van der Waals surface area contributed by atoms with Gasteiger partial charge in [0.05, 0.1) is 30.6 Å². The van der Waals surface area contributed by atoms with E-state index in [1.807, 2.05) is 74.5 Å². The molecule has 3 amide bonds. The first-order chi connectivity index (χ1) is 21.2. The molecule has 2 bridgehead atoms. The lowest BCUT2D eigenvalue weighted by Crippen LogP contribution is -2.58. The van der Waals surface area contributed by atoms with Crippen molar-refractivity contribution in [3.05, 3.63) is 97.1 Å². The summed E-state index contributed by atoms with van der Waals surface area (Å²) in [6.45, 7) is 12.9. The number of hydrogen-bond donors (Lipinski definition) is 1. The zero-order chi connectivity index (χ0) is 31.4. The van der Waals surface area contributed by atoms with Gasteiger partial charge < -0.3 is 24.5 Å². The predicted molar refractivity (Wildman–Crippen MR) is 169 cm³/mol. The van der Waals surface area contributed by atoms with E-state index in [1.54, 1.807) is 26.9 Å². The number of carbonyl (C=O) groups excluding carboxylic acids is 3. The van der Waals surface area contributed by atoms with Crippen LogP contribution in [0.4, 0.5) is 0 Å². The van der Waals surface area contributed by atoms with Gasteiger partial charge in [0.2, 0.25) is 17.7 Å². The van der Waals surface area contributed by atoms with Crippen LogP contribution in [0.5, 0.6) is 0 Å². The van der Waals surface area contributed by atoms with Crippen molar-refractivity contribution in [3.8, 4) is 0 Å². The molecule has 3 fully saturated rings. The SMILES string of the molecule is C=CCN(Cc1ccccc1)C(=O)C1N([C@@H](CO)CC(C)C)C(=O)[C@@H]2[C@@H](C(=O)N(CC=C)Cc3ccccc3)[C@H]3CCC12O3. The second kappa shape index (κ2) is 13.5. The Kier molecular flexibility index (Phi) is 9.71. The maximum absolute atomic E-state index is 14.7. The Morgan fingerprint density at radius 3 is 2.02 bits per heavy atom. The van der Waals surface area contributed by atoms with Crippen molar-refractivity contribution >= 4 is 17.7 Å². The van der Waals surface area contributed by atoms with Gasteiger partial charge in [0.25, 0.3) is 0 Å². The Labute approximate surface area is 261 Å². The minimum absolute atomic E-state index is 0.164. The van der Waals surface area contributed by atoms with E-state index >= 15 is 0 Å². The molecular weight excluding hydrogens is 554 g/mol. The molecule has 3 aliphatic heterocycles. The molecular formula is C36H45N3O5. The Bertz CT molecular complexity index is 1350. The van der Waals surface area contributed by atoms with E-state index in [1.165, 1.54) is 0 Å². The van der Waals surface area contributed by atoms with Crippen molar-refractivity contribution in [2.24, 2.45) is 17.8 Å². The average molecular weight is 600 g/mol. The van der Waals surface area contributed by atoms with Crippen molar-refractivity contribution in [2.45, 2.75) is 70.0 Å². The van der Waals surface area contributed by atoms with Gasteiger partial charge in [-0.05, 0) is 36.3 Å². The molecule has 3 aliphatic rings. The molecule has 2 aromatic rings. The zero-order valence-corrected chi connectivity index (χ0v) is 25.9. The Balaban J connectivity index is 1.54. The molecule has 1 N–H and O–H groups in total. The number of amides is 3. The molecule has 3 saturated heterocycles. The average Bonchev–Trinajstić information content (AvgIpc) is 3.67. The number of aliphatic hydroxyl groups is 1. The van der Waals surface area contributed by atoms with Crippen LogP contribution in [0, 0.1) is 17.8 Å². The van der Waals surface area contributed by atoms with Crippen molar-refractivity contribution in [3.63, 3.8) is 0 Å². The van der Waals surface area contributed by atoms with Crippen LogP contribution < -0.4 is 0 Å². The van der Waals surface area contributed by atoms with Gasteiger partial charge in [-0.25, -0.2) is 0 Å². The molecule has 0 radical (unpaired) electrons. The van der Waals surface area contributed by atoms with E-state index in [9.17, 15) is 19.5 Å². The summed E-state index contributed by atoms with van der Waals surface area (Å²) in [7, 11) is 0. The quantitative estimate of drug-likeness (QED) is 0.329. The summed E-state index contributed by atoms with van der Waals surface area (Å²) in [4.78, 5) is 48.7. The Morgan fingerprint density at radius 2 is 1.52 bits per heavy atom. The van der Waals surface area contributed by atoms with Crippen LogP contribution in [-0.4, -0.2) is 81.0 Å². The second-order valence-electron chi connectivity index (χ2n) is 12.8. The topological polar surface area (TPSA) is 90.4 Å². The van der Waals surface area contributed by atoms with E-state index in [0.717, 1.165) is 11.1 Å². The van der Waals surface area contributed by atoms with Gasteiger partial charge in [-0.15, -0.1) is 13.2 Å². The standard InChI is InChI=1S/C36H45N3O5/c1-5-19-37(22-26-13-9-7-10-14-26)33(41)30-29-17-18-36(44-29)31(30)34(42)39(28(24-40)21-25(3)4)32(36)35(43)38(20-6-2)23-27-15-11-8-12-16-27/h5-16,25,28-32,40H,1-2,17-24H2,3-4H3/t28-,29-,30+,31+,32?,36?/m1/s1. The van der Waals surface area contributed by atoms with Gasteiger partial charge in [-0.1, -0.05) is 86.7 Å². The fourth-order valence-corrected chi connectivity index (χ4v) is 7.63. The highest BCUT2D eigenvalue weighted by Crippen LogP contribution is 2.59. The third-order valence-electron chi connectivity index (χ3n) is 9.36. The van der Waals surface area contributed by atoms with Gasteiger partial charge in [-0.3, -0.25) is 14.4 Å². The lowest BCUT2D eigenvalue weighted by molar-refractivity contribution is -0.152. The highest BCUT2D eigenvalue weighted by Gasteiger charge is 2.75. The van der Waals surface area contributed by atoms with Gasteiger partial charge in [0, 0.05) is 26.2 Å². The van der Waals surface area contributed by atoms with Crippen molar-refractivity contribution in [2.75, 3.05) is 19.7 Å². The lowest BCUT2D eigenvalue weighted by atomic mass is 9.70. The molecule has 8 heteroatoms. The normalized spacial score (nSPS) is 26.0. The van der Waals surface area contributed by atoms with E-state index in [0.29, 0.717) is 38.9 Å². The minimum Gasteiger partial charge on any atom is -0.394 e. The number of benzene rings is 2. The van der Waals surface area contributed by atoms with Crippen LogP contribution in [0.1, 0.15) is 44.2 Å². The predicted octanol–water partition coefficient (Wildman–Crippen LogP) is 4.20. The monoisotopic (exact) mass is 599 g/mol. The van der Waals surface area contributed by atoms with Gasteiger partial charge in [0.1, 0.15) is 11.6 Å². The fraction of sp³-hybridized carbons (Fsp3) is 0.472. The van der Waals surface area contributed by atoms with E-state index in [2.05, 4.69) is 13.2 Å². The smallest absolute Gasteiger partial charge is 0.249 e. The van der Waals surface area contributed by atoms with Gasteiger partial charge in [0.15, 0.2) is 0 Å². The number of hydrogen-bond acceptors (Lipinski definition) is 5. The summed E-state index contributed by atoms with van der Waals surface area (Å²) >= 11 is 0. The summed E-state index contributed by atoms with van der Waals surface area (Å²) < 4.78 is 6.72. The minimum atomic E-state index is -1.15. The fourth-order valence-electron chi connectivity index (χ4n) is 7.63. The van der Waals surface area contributed by atoms with Crippen molar-refractivity contribution < 1.29 is 24.2 Å². The van der Waals surface area contributed by atoms with Crippen LogP contribution >= 0.6 is 0 Å². The maximum atomic E-state index is 14.7. The Morgan fingerprint density at radius 1 is 0.977 bits per heavy atom. The maximum Gasteiger partial charge on any atom is 0.249 e. The van der Waals surface area contributed by atoms with Crippen LogP contribution in [0.2, 0.25) is 0 Å². The lowest BCUT2D eigenvalue weighted by Gasteiger charge is -2.39. The molecule has 2 unspecified atom stereocenters. The molecule has 44 heavy (non-hydrogen) atoms. The highest BCUT2D eigenvalue weighted by atomic mass is 16.5. The Hall–Kier alpha value is -3.75. The second-order valence-corrected chi connectivity index (χ2v) is 12.8. The van der Waals surface area contributed by atoms with Gasteiger partial charge >= 0.3 is 0 Å². The first-order valence-electron chi connectivity index (χ1n) is 15.7. The third kappa shape index (κ3) is 5.85. The highest BCUT2D eigenvalue weighted by molar-refractivity contribution is 5.99. The molecule has 0 saturated carbocycles. The van der Waals surface area contributed by atoms with E-state index < -0.39 is 35.6 Å². The number of fused-ring (bicyclic) bond motifs is 1. The number of carbonyl (C=O) groups is 3. The first-order valence-corrected chi connectivity index (χ1v) is 15.7. The molecule has 2 aromatic carbocycles. The molecule has 8 nitrogen and oxygen atoms in total. The van der Waals surface area contributed by atoms with Crippen LogP contribution in [-0.2, 0) is 32.2 Å². The van der Waals surface area contributed by atoms with Crippen LogP contribution in [0.15, 0.2) is 86.0 Å². The molecule has 3 heterocycles. The summed E-state index contributed by atoms with van der Waals surface area (Å²) in [5.74, 6) is -2.04. The molecule has 5 rings (SSSR count).